The summed E-state index contributed by atoms with van der Waals surface area (Å²) in [6.07, 6.45) is 0. The van der Waals surface area contributed by atoms with Crippen molar-refractivity contribution in [1.82, 2.24) is 0 Å². The lowest BCUT2D eigenvalue weighted by molar-refractivity contribution is 0.0450. The third kappa shape index (κ3) is 4.13. The summed E-state index contributed by atoms with van der Waals surface area (Å²) in [7, 11) is 0. The molecule has 21 heavy (non-hydrogen) atoms. The van der Waals surface area contributed by atoms with Gasteiger partial charge in [0.25, 0.3) is 0 Å². The van der Waals surface area contributed by atoms with Crippen LogP contribution in [0.15, 0.2) is 42.5 Å². The molecular formula is C16H16ClNO3. The van der Waals surface area contributed by atoms with Gasteiger partial charge in [-0.3, -0.25) is 0 Å². The van der Waals surface area contributed by atoms with Gasteiger partial charge in [-0.05, 0) is 36.8 Å². The van der Waals surface area contributed by atoms with Crippen LogP contribution in [0.5, 0.6) is 5.75 Å². The lowest BCUT2D eigenvalue weighted by atomic mass is 10.2. The normalized spacial score (nSPS) is 10.2. The molecule has 110 valence electrons. The van der Waals surface area contributed by atoms with Gasteiger partial charge >= 0.3 is 5.97 Å². The van der Waals surface area contributed by atoms with E-state index in [0.717, 1.165) is 11.3 Å². The molecule has 2 aromatic carbocycles. The average Bonchev–Trinajstić information content (AvgIpc) is 2.45. The fourth-order valence-electron chi connectivity index (χ4n) is 1.78. The van der Waals surface area contributed by atoms with E-state index < -0.39 is 5.97 Å². The molecule has 0 spiro atoms. The van der Waals surface area contributed by atoms with E-state index in [4.69, 9.17) is 26.8 Å². The number of nitrogens with two attached hydrogens (primary N) is 1. The molecule has 0 heterocycles. The first kappa shape index (κ1) is 15.2. The number of aryl methyl sites for hydroxylation is 1. The van der Waals surface area contributed by atoms with Gasteiger partial charge in [0, 0.05) is 5.69 Å². The predicted octanol–water partition coefficient (Wildman–Crippen LogP) is 3.47. The number of benzene rings is 2. The Morgan fingerprint density at radius 2 is 1.95 bits per heavy atom. The summed E-state index contributed by atoms with van der Waals surface area (Å²) >= 11 is 5.94. The van der Waals surface area contributed by atoms with E-state index in [0.29, 0.717) is 11.3 Å². The molecule has 0 amide bonds. The van der Waals surface area contributed by atoms with Gasteiger partial charge in [-0.1, -0.05) is 29.8 Å². The van der Waals surface area contributed by atoms with E-state index in [1.165, 1.54) is 6.07 Å². The van der Waals surface area contributed by atoms with Crippen molar-refractivity contribution in [3.8, 4) is 5.75 Å². The summed E-state index contributed by atoms with van der Waals surface area (Å²) in [4.78, 5) is 11.9. The van der Waals surface area contributed by atoms with Gasteiger partial charge in [-0.2, -0.15) is 0 Å². The lowest BCUT2D eigenvalue weighted by Crippen LogP contribution is -2.13. The quantitative estimate of drug-likeness (QED) is 0.522. The highest BCUT2D eigenvalue weighted by atomic mass is 35.5. The number of rotatable bonds is 5. The van der Waals surface area contributed by atoms with Crippen LogP contribution in [0.25, 0.3) is 0 Å². The van der Waals surface area contributed by atoms with Crippen molar-refractivity contribution in [2.45, 2.75) is 6.92 Å². The van der Waals surface area contributed by atoms with Crippen LogP contribution >= 0.6 is 11.6 Å². The first-order chi connectivity index (χ1) is 10.1. The molecule has 0 fully saturated rings. The highest BCUT2D eigenvalue weighted by Crippen LogP contribution is 2.20. The topological polar surface area (TPSA) is 61.5 Å². The molecule has 0 atom stereocenters. The molecule has 2 N–H and O–H groups in total. The minimum Gasteiger partial charge on any atom is -0.490 e. The van der Waals surface area contributed by atoms with Gasteiger partial charge in [-0.15, -0.1) is 0 Å². The van der Waals surface area contributed by atoms with Crippen LogP contribution in [0.1, 0.15) is 15.9 Å². The van der Waals surface area contributed by atoms with Crippen LogP contribution in [0.2, 0.25) is 5.02 Å². The molecule has 0 aliphatic carbocycles. The zero-order chi connectivity index (χ0) is 15.2. The monoisotopic (exact) mass is 305 g/mol. The second-order valence-electron chi connectivity index (χ2n) is 4.49. The fraction of sp³-hybridized carbons (Fsp3) is 0.188. The number of esters is 1. The number of carbonyl (C=O) groups excluding carboxylic acids is 1. The van der Waals surface area contributed by atoms with Crippen LogP contribution < -0.4 is 10.5 Å². The fourth-order valence-corrected chi connectivity index (χ4v) is 2.05. The van der Waals surface area contributed by atoms with E-state index >= 15 is 0 Å². The van der Waals surface area contributed by atoms with Crippen LogP contribution in [-0.2, 0) is 4.74 Å². The highest BCUT2D eigenvalue weighted by molar-refractivity contribution is 6.33. The Kier molecular flexibility index (Phi) is 5.06. The molecule has 4 nitrogen and oxygen atoms in total. The number of halogens is 1. The maximum absolute atomic E-state index is 11.9. The summed E-state index contributed by atoms with van der Waals surface area (Å²) in [5.41, 5.74) is 7.40. The Labute approximate surface area is 128 Å². The third-order valence-electron chi connectivity index (χ3n) is 2.88. The number of nitrogen functional groups attached to an aromatic ring is 1. The Morgan fingerprint density at radius 3 is 2.67 bits per heavy atom. The molecule has 0 aliphatic heterocycles. The van der Waals surface area contributed by atoms with Crippen molar-refractivity contribution in [3.63, 3.8) is 0 Å². The van der Waals surface area contributed by atoms with Crippen LogP contribution in [0.4, 0.5) is 5.69 Å². The van der Waals surface area contributed by atoms with Crippen LogP contribution in [-0.4, -0.2) is 19.2 Å². The minimum atomic E-state index is -0.492. The second kappa shape index (κ2) is 6.99. The zero-order valence-electron chi connectivity index (χ0n) is 11.6. The second-order valence-corrected chi connectivity index (χ2v) is 4.90. The third-order valence-corrected chi connectivity index (χ3v) is 3.19. The van der Waals surface area contributed by atoms with Crippen molar-refractivity contribution in [2.24, 2.45) is 0 Å². The number of hydrogen-bond acceptors (Lipinski definition) is 4. The predicted molar refractivity (Wildman–Crippen MR) is 82.8 cm³/mol. The molecule has 0 saturated heterocycles. The van der Waals surface area contributed by atoms with E-state index in [1.807, 2.05) is 31.2 Å². The Bertz CT molecular complexity index is 643. The number of ether oxygens (including phenoxy) is 2. The number of hydrogen-bond donors (Lipinski definition) is 1. The van der Waals surface area contributed by atoms with Crippen LogP contribution in [0, 0.1) is 6.92 Å². The molecule has 0 unspecified atom stereocenters. The molecular weight excluding hydrogens is 290 g/mol. The number of para-hydroxylation sites is 1. The Balaban J connectivity index is 1.83. The lowest BCUT2D eigenvalue weighted by Gasteiger charge is -2.10. The number of carbonyl (C=O) groups is 1. The van der Waals surface area contributed by atoms with E-state index in [1.54, 1.807) is 12.1 Å². The maximum Gasteiger partial charge on any atom is 0.339 e. The molecule has 2 aromatic rings. The molecule has 0 aliphatic rings. The molecule has 0 aromatic heterocycles. The SMILES string of the molecule is Cc1ccccc1OCCOC(=O)c1ccc(N)cc1Cl. The van der Waals surface area contributed by atoms with Crippen molar-refractivity contribution in [3.05, 3.63) is 58.6 Å². The summed E-state index contributed by atoms with van der Waals surface area (Å²) in [6, 6.07) is 12.3. The summed E-state index contributed by atoms with van der Waals surface area (Å²) < 4.78 is 10.7. The van der Waals surface area contributed by atoms with Gasteiger partial charge in [0.15, 0.2) is 0 Å². The molecule has 2 rings (SSSR count). The maximum atomic E-state index is 11.9. The Hall–Kier alpha value is -2.20. The molecule has 5 heteroatoms. The average molecular weight is 306 g/mol. The van der Waals surface area contributed by atoms with Gasteiger partial charge in [0.2, 0.25) is 0 Å². The first-order valence-corrected chi connectivity index (χ1v) is 6.86. The van der Waals surface area contributed by atoms with E-state index in [2.05, 4.69) is 0 Å². The summed E-state index contributed by atoms with van der Waals surface area (Å²) in [5, 5.41) is 0.278. The largest absolute Gasteiger partial charge is 0.490 e. The van der Waals surface area contributed by atoms with Crippen molar-refractivity contribution in [1.29, 1.82) is 0 Å². The molecule has 0 saturated carbocycles. The number of anilines is 1. The zero-order valence-corrected chi connectivity index (χ0v) is 12.4. The molecule has 0 radical (unpaired) electrons. The standard InChI is InChI=1S/C16H16ClNO3/c1-11-4-2-3-5-15(11)20-8-9-21-16(19)13-7-6-12(18)10-14(13)17/h2-7,10H,8-9,18H2,1H3. The van der Waals surface area contributed by atoms with E-state index in [-0.39, 0.29) is 18.2 Å². The first-order valence-electron chi connectivity index (χ1n) is 6.48. The van der Waals surface area contributed by atoms with E-state index in [9.17, 15) is 4.79 Å². The smallest absolute Gasteiger partial charge is 0.339 e. The summed E-state index contributed by atoms with van der Waals surface area (Å²) in [6.45, 7) is 2.38. The molecule has 0 bridgehead atoms. The van der Waals surface area contributed by atoms with Gasteiger partial charge in [0.05, 0.1) is 10.6 Å². The van der Waals surface area contributed by atoms with Gasteiger partial charge in [-0.25, -0.2) is 4.79 Å². The Morgan fingerprint density at radius 1 is 1.19 bits per heavy atom. The van der Waals surface area contributed by atoms with Crippen LogP contribution in [0.3, 0.4) is 0 Å². The van der Waals surface area contributed by atoms with Gasteiger partial charge in [0.1, 0.15) is 19.0 Å². The minimum absolute atomic E-state index is 0.147. The van der Waals surface area contributed by atoms with Crippen molar-refractivity contribution < 1.29 is 14.3 Å². The highest BCUT2D eigenvalue weighted by Gasteiger charge is 2.11. The summed E-state index contributed by atoms with van der Waals surface area (Å²) in [5.74, 6) is 0.285. The van der Waals surface area contributed by atoms with Gasteiger partial charge < -0.3 is 15.2 Å². The van der Waals surface area contributed by atoms with Crippen molar-refractivity contribution >= 4 is 23.3 Å². The van der Waals surface area contributed by atoms with Crippen molar-refractivity contribution in [2.75, 3.05) is 18.9 Å².